The van der Waals surface area contributed by atoms with Crippen molar-refractivity contribution in [3.05, 3.63) is 71.3 Å². The van der Waals surface area contributed by atoms with Crippen LogP contribution < -0.4 is 10.6 Å². The number of hydrogen-bond donors (Lipinski definition) is 2. The van der Waals surface area contributed by atoms with Crippen LogP contribution in [0.3, 0.4) is 0 Å². The number of nitrogens with zero attached hydrogens (tertiary/aromatic N) is 3. The molecular weight excluding hydrogens is 377 g/mol. The average Bonchev–Trinajstić information content (AvgIpc) is 3.02. The zero-order valence-electron chi connectivity index (χ0n) is 15.2. The van der Waals surface area contributed by atoms with Crippen molar-refractivity contribution in [2.75, 3.05) is 10.6 Å². The number of anilines is 3. The van der Waals surface area contributed by atoms with Gasteiger partial charge in [0.05, 0.1) is 10.2 Å². The van der Waals surface area contributed by atoms with E-state index in [0.29, 0.717) is 32.5 Å². The third-order valence-corrected chi connectivity index (χ3v) is 4.87. The molecule has 0 spiro atoms. The minimum absolute atomic E-state index is 0.301. The molecule has 4 aromatic rings. The number of aromatic nitrogens is 3. The molecule has 0 aliphatic heterocycles. The van der Waals surface area contributed by atoms with Gasteiger partial charge in [0.1, 0.15) is 5.82 Å². The smallest absolute Gasteiger partial charge is 0.257 e. The van der Waals surface area contributed by atoms with Crippen molar-refractivity contribution in [1.82, 2.24) is 15.0 Å². The second-order valence-electron chi connectivity index (χ2n) is 6.27. The molecule has 0 saturated heterocycles. The fourth-order valence-electron chi connectivity index (χ4n) is 2.77. The maximum absolute atomic E-state index is 13.3. The van der Waals surface area contributed by atoms with Crippen LogP contribution in [0.5, 0.6) is 0 Å². The summed E-state index contributed by atoms with van der Waals surface area (Å²) in [7, 11) is 0. The topological polar surface area (TPSA) is 79.8 Å². The number of fused-ring (bicyclic) bond motifs is 1. The third-order valence-electron chi connectivity index (χ3n) is 3.93. The van der Waals surface area contributed by atoms with Gasteiger partial charge in [0.2, 0.25) is 5.95 Å². The summed E-state index contributed by atoms with van der Waals surface area (Å²) in [6, 6.07) is 13.2. The summed E-state index contributed by atoms with van der Waals surface area (Å²) in [6.07, 6.45) is 0. The number of halogens is 1. The molecule has 0 atom stereocenters. The standard InChI is InChI=1S/C20H16FN5OS/c1-11-8-12(2)23-19(22-11)24-15-5-3-4-13(9-15)18(27)26-20-25-16-7-6-14(21)10-17(16)28-20/h3-10H,1-2H3,(H,22,23,24)(H,25,26,27). The summed E-state index contributed by atoms with van der Waals surface area (Å²) >= 11 is 1.23. The monoisotopic (exact) mass is 393 g/mol. The van der Waals surface area contributed by atoms with Crippen molar-refractivity contribution in [3.63, 3.8) is 0 Å². The van der Waals surface area contributed by atoms with Gasteiger partial charge < -0.3 is 5.32 Å². The maximum atomic E-state index is 13.3. The fraction of sp³-hybridized carbons (Fsp3) is 0.100. The Hall–Kier alpha value is -3.39. The van der Waals surface area contributed by atoms with Crippen molar-refractivity contribution in [2.24, 2.45) is 0 Å². The first-order chi connectivity index (χ1) is 13.5. The molecule has 0 saturated carbocycles. The Kier molecular flexibility index (Phi) is 4.70. The predicted molar refractivity (Wildman–Crippen MR) is 109 cm³/mol. The Labute approximate surface area is 164 Å². The molecule has 2 aromatic heterocycles. The summed E-state index contributed by atoms with van der Waals surface area (Å²) < 4.78 is 14.0. The van der Waals surface area contributed by atoms with E-state index in [1.54, 1.807) is 24.3 Å². The van der Waals surface area contributed by atoms with E-state index < -0.39 is 0 Å². The van der Waals surface area contributed by atoms with E-state index in [0.717, 1.165) is 11.4 Å². The van der Waals surface area contributed by atoms with Gasteiger partial charge in [-0.2, -0.15) is 0 Å². The molecule has 6 nitrogen and oxygen atoms in total. The molecule has 28 heavy (non-hydrogen) atoms. The van der Waals surface area contributed by atoms with Crippen LogP contribution in [-0.2, 0) is 0 Å². The van der Waals surface area contributed by atoms with Crippen LogP contribution in [0.2, 0.25) is 0 Å². The number of carbonyl (C=O) groups is 1. The first-order valence-corrected chi connectivity index (χ1v) is 9.35. The first kappa shape index (κ1) is 18.0. The second-order valence-corrected chi connectivity index (χ2v) is 7.30. The van der Waals surface area contributed by atoms with Gasteiger partial charge in [0, 0.05) is 22.6 Å². The van der Waals surface area contributed by atoms with Gasteiger partial charge in [-0.05, 0) is 56.3 Å². The van der Waals surface area contributed by atoms with Gasteiger partial charge in [-0.3, -0.25) is 10.1 Å². The Morgan fingerprint density at radius 3 is 2.57 bits per heavy atom. The van der Waals surface area contributed by atoms with Crippen molar-refractivity contribution in [3.8, 4) is 0 Å². The molecule has 0 aliphatic rings. The third kappa shape index (κ3) is 3.96. The van der Waals surface area contributed by atoms with Crippen LogP contribution in [-0.4, -0.2) is 20.9 Å². The van der Waals surface area contributed by atoms with Crippen LogP contribution in [0, 0.1) is 19.7 Å². The molecule has 0 bridgehead atoms. The molecule has 0 radical (unpaired) electrons. The van der Waals surface area contributed by atoms with Crippen molar-refractivity contribution in [1.29, 1.82) is 0 Å². The summed E-state index contributed by atoms with van der Waals surface area (Å²) in [6.45, 7) is 3.79. The zero-order chi connectivity index (χ0) is 19.7. The summed E-state index contributed by atoms with van der Waals surface area (Å²) in [5.41, 5.74) is 3.51. The highest BCUT2D eigenvalue weighted by Crippen LogP contribution is 2.27. The Morgan fingerprint density at radius 2 is 1.79 bits per heavy atom. The van der Waals surface area contributed by atoms with E-state index in [4.69, 9.17) is 0 Å². The normalized spacial score (nSPS) is 10.8. The molecule has 140 valence electrons. The predicted octanol–water partition coefficient (Wildman–Crippen LogP) is 4.84. The average molecular weight is 393 g/mol. The van der Waals surface area contributed by atoms with Crippen LogP contribution >= 0.6 is 11.3 Å². The van der Waals surface area contributed by atoms with E-state index in [-0.39, 0.29) is 11.7 Å². The Balaban J connectivity index is 1.53. The summed E-state index contributed by atoms with van der Waals surface area (Å²) in [4.78, 5) is 25.6. The van der Waals surface area contributed by atoms with Gasteiger partial charge in [0.15, 0.2) is 5.13 Å². The number of aryl methyl sites for hydroxylation is 2. The number of thiazole rings is 1. The minimum atomic E-state index is -0.332. The number of amides is 1. The van der Waals surface area contributed by atoms with E-state index in [1.165, 1.54) is 23.5 Å². The molecule has 0 aliphatic carbocycles. The zero-order valence-corrected chi connectivity index (χ0v) is 16.0. The van der Waals surface area contributed by atoms with E-state index >= 15 is 0 Å². The SMILES string of the molecule is Cc1cc(C)nc(Nc2cccc(C(=O)Nc3nc4ccc(F)cc4s3)c2)n1. The maximum Gasteiger partial charge on any atom is 0.257 e. The van der Waals surface area contributed by atoms with Crippen LogP contribution in [0.15, 0.2) is 48.5 Å². The number of rotatable bonds is 4. The molecular formula is C20H16FN5OS. The molecule has 2 aromatic carbocycles. The van der Waals surface area contributed by atoms with E-state index in [9.17, 15) is 9.18 Å². The largest absolute Gasteiger partial charge is 0.324 e. The van der Waals surface area contributed by atoms with Crippen LogP contribution in [0.4, 0.5) is 21.2 Å². The minimum Gasteiger partial charge on any atom is -0.324 e. The summed E-state index contributed by atoms with van der Waals surface area (Å²) in [5.74, 6) is -0.158. The molecule has 2 heterocycles. The van der Waals surface area contributed by atoms with Gasteiger partial charge in [-0.25, -0.2) is 19.3 Å². The van der Waals surface area contributed by atoms with Gasteiger partial charge in [-0.15, -0.1) is 0 Å². The van der Waals surface area contributed by atoms with Crippen molar-refractivity contribution < 1.29 is 9.18 Å². The Bertz CT molecular complexity index is 1170. The van der Waals surface area contributed by atoms with Gasteiger partial charge in [-0.1, -0.05) is 17.4 Å². The first-order valence-electron chi connectivity index (χ1n) is 8.53. The number of nitrogens with one attached hydrogen (secondary N) is 2. The van der Waals surface area contributed by atoms with E-state index in [1.807, 2.05) is 26.0 Å². The Morgan fingerprint density at radius 1 is 1.00 bits per heavy atom. The molecule has 0 fully saturated rings. The lowest BCUT2D eigenvalue weighted by Crippen LogP contribution is -2.12. The lowest BCUT2D eigenvalue weighted by atomic mass is 10.2. The quantitative estimate of drug-likeness (QED) is 0.519. The van der Waals surface area contributed by atoms with Crippen LogP contribution in [0.25, 0.3) is 10.2 Å². The van der Waals surface area contributed by atoms with Crippen molar-refractivity contribution in [2.45, 2.75) is 13.8 Å². The molecule has 8 heteroatoms. The van der Waals surface area contributed by atoms with E-state index in [2.05, 4.69) is 25.6 Å². The highest BCUT2D eigenvalue weighted by Gasteiger charge is 2.11. The highest BCUT2D eigenvalue weighted by atomic mass is 32.1. The van der Waals surface area contributed by atoms with Gasteiger partial charge >= 0.3 is 0 Å². The van der Waals surface area contributed by atoms with Gasteiger partial charge in [0.25, 0.3) is 5.91 Å². The molecule has 4 rings (SSSR count). The number of hydrogen-bond acceptors (Lipinski definition) is 6. The molecule has 2 N–H and O–H groups in total. The van der Waals surface area contributed by atoms with Crippen molar-refractivity contribution >= 4 is 44.2 Å². The lowest BCUT2D eigenvalue weighted by molar-refractivity contribution is 0.102. The molecule has 1 amide bonds. The molecule has 0 unspecified atom stereocenters. The summed E-state index contributed by atoms with van der Waals surface area (Å²) in [5, 5.41) is 6.30. The number of carbonyl (C=O) groups excluding carboxylic acids is 1. The number of benzene rings is 2. The highest BCUT2D eigenvalue weighted by molar-refractivity contribution is 7.22. The lowest BCUT2D eigenvalue weighted by Gasteiger charge is -2.08. The fourth-order valence-corrected chi connectivity index (χ4v) is 3.66. The second kappa shape index (κ2) is 7.32. The van der Waals surface area contributed by atoms with Crippen LogP contribution in [0.1, 0.15) is 21.7 Å².